The van der Waals surface area contributed by atoms with Crippen molar-refractivity contribution >= 4 is 39.2 Å². The van der Waals surface area contributed by atoms with E-state index in [-0.39, 0.29) is 10.8 Å². The molecule has 100 valence electrons. The zero-order chi connectivity index (χ0) is 14.7. The highest BCUT2D eigenvalue weighted by molar-refractivity contribution is 9.10. The Kier molecular flexibility index (Phi) is 4.43. The summed E-state index contributed by atoms with van der Waals surface area (Å²) < 4.78 is 13.6. The van der Waals surface area contributed by atoms with Crippen molar-refractivity contribution in [3.8, 4) is 11.8 Å². The minimum Gasteiger partial charge on any atom is -0.505 e. The van der Waals surface area contributed by atoms with Crippen molar-refractivity contribution < 1.29 is 9.50 Å². The molecule has 2 aromatic carbocycles. The van der Waals surface area contributed by atoms with Crippen LogP contribution in [0.25, 0.3) is 11.6 Å². The van der Waals surface area contributed by atoms with Crippen molar-refractivity contribution in [2.45, 2.75) is 0 Å². The summed E-state index contributed by atoms with van der Waals surface area (Å²) in [5, 5.41) is 18.9. The molecule has 0 spiro atoms. The van der Waals surface area contributed by atoms with E-state index in [0.29, 0.717) is 21.2 Å². The Hall–Kier alpha value is -1.83. The van der Waals surface area contributed by atoms with Gasteiger partial charge in [0.05, 0.1) is 21.1 Å². The van der Waals surface area contributed by atoms with Crippen LogP contribution in [0.4, 0.5) is 4.39 Å². The van der Waals surface area contributed by atoms with Gasteiger partial charge in [-0.15, -0.1) is 0 Å². The normalized spacial score (nSPS) is 11.2. The molecule has 0 aliphatic rings. The zero-order valence-corrected chi connectivity index (χ0v) is 12.4. The summed E-state index contributed by atoms with van der Waals surface area (Å²) in [6, 6.07) is 11.0. The Morgan fingerprint density at radius 3 is 2.70 bits per heavy atom. The number of nitrogens with zero attached hydrogens (tertiary/aromatic N) is 1. The summed E-state index contributed by atoms with van der Waals surface area (Å²) in [5.74, 6) is -0.471. The maximum Gasteiger partial charge on any atom is 0.148 e. The molecular weight excluding hydrogens is 345 g/mol. The molecule has 20 heavy (non-hydrogen) atoms. The van der Waals surface area contributed by atoms with Crippen LogP contribution in [0, 0.1) is 17.1 Å². The number of rotatable bonds is 2. The lowest BCUT2D eigenvalue weighted by Crippen LogP contribution is -1.84. The van der Waals surface area contributed by atoms with E-state index in [0.717, 1.165) is 0 Å². The van der Waals surface area contributed by atoms with Gasteiger partial charge in [0, 0.05) is 0 Å². The molecule has 2 rings (SSSR count). The van der Waals surface area contributed by atoms with E-state index in [1.165, 1.54) is 24.3 Å². The summed E-state index contributed by atoms with van der Waals surface area (Å²) in [6.07, 6.45) is 1.57. The molecule has 0 saturated carbocycles. The molecule has 0 atom stereocenters. The van der Waals surface area contributed by atoms with Gasteiger partial charge < -0.3 is 5.11 Å². The van der Waals surface area contributed by atoms with Crippen molar-refractivity contribution in [3.05, 3.63) is 62.8 Å². The maximum absolute atomic E-state index is 13.2. The highest BCUT2D eigenvalue weighted by Gasteiger charge is 2.07. The lowest BCUT2D eigenvalue weighted by atomic mass is 10.0. The third-order valence-corrected chi connectivity index (χ3v) is 3.50. The van der Waals surface area contributed by atoms with Crippen LogP contribution >= 0.6 is 27.5 Å². The van der Waals surface area contributed by atoms with Crippen molar-refractivity contribution in [2.75, 3.05) is 0 Å². The highest BCUT2D eigenvalue weighted by atomic mass is 79.9. The predicted octanol–water partition coefficient (Wildman–Crippen LogP) is 5.01. The number of halogens is 3. The number of allylic oxidation sites excluding steroid dienone is 1. The van der Waals surface area contributed by atoms with Crippen LogP contribution < -0.4 is 0 Å². The topological polar surface area (TPSA) is 44.0 Å². The van der Waals surface area contributed by atoms with Crippen LogP contribution in [-0.2, 0) is 0 Å². The van der Waals surface area contributed by atoms with Crippen LogP contribution in [0.15, 0.2) is 40.9 Å². The molecule has 0 radical (unpaired) electrons. The number of benzene rings is 2. The number of nitriles is 1. The average Bonchev–Trinajstić information content (AvgIpc) is 2.42. The van der Waals surface area contributed by atoms with Crippen LogP contribution in [0.1, 0.15) is 11.1 Å². The van der Waals surface area contributed by atoms with E-state index >= 15 is 0 Å². The number of phenols is 1. The van der Waals surface area contributed by atoms with E-state index in [9.17, 15) is 14.8 Å². The monoisotopic (exact) mass is 351 g/mol. The highest BCUT2D eigenvalue weighted by Crippen LogP contribution is 2.34. The van der Waals surface area contributed by atoms with Gasteiger partial charge in [-0.3, -0.25) is 0 Å². The minimum absolute atomic E-state index is 0.0620. The molecule has 0 fully saturated rings. The molecule has 1 N–H and O–H groups in total. The Balaban J connectivity index is 2.50. The van der Waals surface area contributed by atoms with Gasteiger partial charge in [-0.1, -0.05) is 23.7 Å². The molecule has 2 nitrogen and oxygen atoms in total. The molecular formula is C15H8BrClFNO. The first-order valence-corrected chi connectivity index (χ1v) is 6.74. The fourth-order valence-electron chi connectivity index (χ4n) is 1.67. The molecule has 0 unspecified atom stereocenters. The van der Waals surface area contributed by atoms with Crippen molar-refractivity contribution in [2.24, 2.45) is 0 Å². The molecule has 0 aliphatic heterocycles. The summed E-state index contributed by atoms with van der Waals surface area (Å²) in [6.45, 7) is 0. The molecule has 0 aromatic heterocycles. The Morgan fingerprint density at radius 2 is 2.10 bits per heavy atom. The quantitative estimate of drug-likeness (QED) is 0.610. The van der Waals surface area contributed by atoms with E-state index in [1.807, 2.05) is 6.07 Å². The molecule has 0 saturated heterocycles. The van der Waals surface area contributed by atoms with Gasteiger partial charge in [0.2, 0.25) is 0 Å². The molecule has 0 heterocycles. The standard InChI is InChI=1S/C15H8BrClFNO/c16-13-5-9(6-14(17)15(13)20)4-11(8-19)10-2-1-3-12(18)7-10/h1-7,20H/b11-4-. The van der Waals surface area contributed by atoms with Crippen LogP contribution in [0.2, 0.25) is 5.02 Å². The van der Waals surface area contributed by atoms with Gasteiger partial charge in [0.1, 0.15) is 11.6 Å². The number of hydrogen-bond acceptors (Lipinski definition) is 2. The van der Waals surface area contributed by atoms with Gasteiger partial charge in [-0.2, -0.15) is 5.26 Å². The molecule has 2 aromatic rings. The van der Waals surface area contributed by atoms with Gasteiger partial charge in [-0.05, 0) is 57.4 Å². The summed E-state index contributed by atoms with van der Waals surface area (Å²) in [7, 11) is 0. The second-order valence-electron chi connectivity index (χ2n) is 4.01. The predicted molar refractivity (Wildman–Crippen MR) is 80.7 cm³/mol. The molecule has 0 aliphatic carbocycles. The van der Waals surface area contributed by atoms with Gasteiger partial charge in [0.25, 0.3) is 0 Å². The summed E-state index contributed by atoms with van der Waals surface area (Å²) >= 11 is 9.03. The smallest absolute Gasteiger partial charge is 0.148 e. The third-order valence-electron chi connectivity index (χ3n) is 2.61. The largest absolute Gasteiger partial charge is 0.505 e. The SMILES string of the molecule is N#C/C(=C/c1cc(Cl)c(O)c(Br)c1)c1cccc(F)c1. The average molecular weight is 353 g/mol. The van der Waals surface area contributed by atoms with Gasteiger partial charge in [-0.25, -0.2) is 4.39 Å². The number of aromatic hydroxyl groups is 1. The Labute approximate surface area is 128 Å². The van der Waals surface area contributed by atoms with E-state index in [1.54, 1.807) is 18.2 Å². The first kappa shape index (κ1) is 14.6. The first-order chi connectivity index (χ1) is 9.51. The van der Waals surface area contributed by atoms with Crippen LogP contribution in [-0.4, -0.2) is 5.11 Å². The second-order valence-corrected chi connectivity index (χ2v) is 5.27. The lowest BCUT2D eigenvalue weighted by Gasteiger charge is -2.04. The first-order valence-electron chi connectivity index (χ1n) is 5.57. The van der Waals surface area contributed by atoms with Gasteiger partial charge in [0.15, 0.2) is 0 Å². The summed E-state index contributed by atoms with van der Waals surface area (Å²) in [5.41, 5.74) is 1.41. The maximum atomic E-state index is 13.2. The van der Waals surface area contributed by atoms with Crippen molar-refractivity contribution in [1.29, 1.82) is 5.26 Å². The second kappa shape index (κ2) is 6.08. The molecule has 0 bridgehead atoms. The fourth-order valence-corrected chi connectivity index (χ4v) is 2.49. The van der Waals surface area contributed by atoms with Crippen molar-refractivity contribution in [1.82, 2.24) is 0 Å². The third kappa shape index (κ3) is 3.19. The zero-order valence-electron chi connectivity index (χ0n) is 10.1. The van der Waals surface area contributed by atoms with E-state index in [4.69, 9.17) is 11.6 Å². The summed E-state index contributed by atoms with van der Waals surface area (Å²) in [4.78, 5) is 0. The Morgan fingerprint density at radius 1 is 1.35 bits per heavy atom. The number of hydrogen-bond donors (Lipinski definition) is 1. The lowest BCUT2D eigenvalue weighted by molar-refractivity contribution is 0.472. The van der Waals surface area contributed by atoms with Gasteiger partial charge >= 0.3 is 0 Å². The van der Waals surface area contributed by atoms with Crippen LogP contribution in [0.3, 0.4) is 0 Å². The number of phenolic OH excluding ortho intramolecular Hbond substituents is 1. The van der Waals surface area contributed by atoms with Crippen molar-refractivity contribution in [3.63, 3.8) is 0 Å². The molecule has 5 heteroatoms. The van der Waals surface area contributed by atoms with E-state index < -0.39 is 5.82 Å². The van der Waals surface area contributed by atoms with E-state index in [2.05, 4.69) is 15.9 Å². The molecule has 0 amide bonds. The van der Waals surface area contributed by atoms with Crippen LogP contribution in [0.5, 0.6) is 5.75 Å². The fraction of sp³-hybridized carbons (Fsp3) is 0. The Bertz CT molecular complexity index is 714. The minimum atomic E-state index is -0.409.